The molecule has 0 unspecified atom stereocenters. The Labute approximate surface area is 98.2 Å². The fourth-order valence-corrected chi connectivity index (χ4v) is 2.83. The number of benzene rings is 1. The molecule has 82 valence electrons. The Morgan fingerprint density at radius 2 is 2.31 bits per heavy atom. The fourth-order valence-electron chi connectivity index (χ4n) is 1.85. The molecule has 1 N–H and O–H groups in total. The first-order valence-corrected chi connectivity index (χ1v) is 6.30. The minimum Gasteiger partial charge on any atom is -0.320 e. The Bertz CT molecular complexity index is 556. The predicted molar refractivity (Wildman–Crippen MR) is 69.5 cm³/mol. The van der Waals surface area contributed by atoms with E-state index >= 15 is 0 Å². The number of rotatable bonds is 1. The topological polar surface area (TPSA) is 37.3 Å². The third kappa shape index (κ3) is 1.80. The van der Waals surface area contributed by atoms with Crippen LogP contribution in [0.1, 0.15) is 18.4 Å². The lowest BCUT2D eigenvalue weighted by molar-refractivity contribution is 0.951. The Morgan fingerprint density at radius 3 is 3.12 bits per heavy atom. The number of aliphatic imine (C=N–C) groups is 1. The van der Waals surface area contributed by atoms with Crippen molar-refractivity contribution >= 4 is 32.5 Å². The van der Waals surface area contributed by atoms with Gasteiger partial charge in [0.2, 0.25) is 0 Å². The Kier molecular flexibility index (Phi) is 2.36. The van der Waals surface area contributed by atoms with Crippen LogP contribution in [0.5, 0.6) is 0 Å². The predicted octanol–water partition coefficient (Wildman–Crippen LogP) is 3.21. The molecule has 0 atom stereocenters. The highest BCUT2D eigenvalue weighted by molar-refractivity contribution is 7.22. The summed E-state index contributed by atoms with van der Waals surface area (Å²) in [5.41, 5.74) is 2.35. The van der Waals surface area contributed by atoms with Gasteiger partial charge in [-0.3, -0.25) is 4.99 Å². The number of hydrogen-bond donors (Lipinski definition) is 1. The van der Waals surface area contributed by atoms with Crippen molar-refractivity contribution in [2.45, 2.75) is 19.8 Å². The number of anilines is 1. The van der Waals surface area contributed by atoms with Gasteiger partial charge in [-0.25, -0.2) is 4.98 Å². The molecule has 1 aliphatic rings. The van der Waals surface area contributed by atoms with Crippen LogP contribution in [-0.4, -0.2) is 17.4 Å². The molecule has 0 aliphatic carbocycles. The second kappa shape index (κ2) is 3.87. The number of nitrogens with one attached hydrogen (secondary N) is 1. The summed E-state index contributed by atoms with van der Waals surface area (Å²) < 4.78 is 1.24. The number of aryl methyl sites for hydroxylation is 1. The molecule has 3 rings (SSSR count). The average Bonchev–Trinajstić information content (AvgIpc) is 2.86. The SMILES string of the molecule is Cc1ccc2nc(NC3=NCCC3)sc2c1. The third-order valence-electron chi connectivity index (χ3n) is 2.67. The first kappa shape index (κ1) is 9.78. The summed E-state index contributed by atoms with van der Waals surface area (Å²) in [6.45, 7) is 3.06. The summed E-state index contributed by atoms with van der Waals surface area (Å²) in [7, 11) is 0. The quantitative estimate of drug-likeness (QED) is 0.818. The second-order valence-electron chi connectivity index (χ2n) is 4.05. The van der Waals surface area contributed by atoms with Crippen LogP contribution in [0, 0.1) is 6.92 Å². The zero-order valence-electron chi connectivity index (χ0n) is 9.16. The van der Waals surface area contributed by atoms with Crippen LogP contribution >= 0.6 is 11.3 Å². The molecule has 3 nitrogen and oxygen atoms in total. The first-order valence-electron chi connectivity index (χ1n) is 5.49. The molecule has 0 bridgehead atoms. The number of hydrogen-bond acceptors (Lipinski definition) is 4. The maximum atomic E-state index is 4.54. The van der Waals surface area contributed by atoms with Crippen molar-refractivity contribution in [1.82, 2.24) is 4.98 Å². The summed E-state index contributed by atoms with van der Waals surface area (Å²) in [6, 6.07) is 6.34. The van der Waals surface area contributed by atoms with Crippen LogP contribution in [-0.2, 0) is 0 Å². The molecule has 0 radical (unpaired) electrons. The van der Waals surface area contributed by atoms with Gasteiger partial charge in [-0.05, 0) is 31.0 Å². The number of amidine groups is 1. The Hall–Kier alpha value is -1.42. The van der Waals surface area contributed by atoms with Crippen molar-refractivity contribution < 1.29 is 0 Å². The molecule has 0 saturated heterocycles. The molecule has 0 fully saturated rings. The van der Waals surface area contributed by atoms with Gasteiger partial charge < -0.3 is 5.32 Å². The lowest BCUT2D eigenvalue weighted by atomic mass is 10.2. The van der Waals surface area contributed by atoms with Gasteiger partial charge in [0.15, 0.2) is 5.13 Å². The number of nitrogens with zero attached hydrogens (tertiary/aromatic N) is 2. The van der Waals surface area contributed by atoms with E-state index in [0.29, 0.717) is 0 Å². The Balaban J connectivity index is 1.92. The summed E-state index contributed by atoms with van der Waals surface area (Å²) in [5.74, 6) is 1.08. The smallest absolute Gasteiger partial charge is 0.189 e. The molecule has 1 aromatic carbocycles. The summed E-state index contributed by atoms with van der Waals surface area (Å²) in [6.07, 6.45) is 2.21. The Morgan fingerprint density at radius 1 is 1.38 bits per heavy atom. The number of thiazole rings is 1. The molecule has 16 heavy (non-hydrogen) atoms. The molecule has 0 saturated carbocycles. The highest BCUT2D eigenvalue weighted by Crippen LogP contribution is 2.27. The van der Waals surface area contributed by atoms with Gasteiger partial charge in [0, 0.05) is 13.0 Å². The summed E-state index contributed by atoms with van der Waals surface area (Å²) >= 11 is 1.70. The van der Waals surface area contributed by atoms with Gasteiger partial charge in [0.25, 0.3) is 0 Å². The molecule has 4 heteroatoms. The van der Waals surface area contributed by atoms with Crippen LogP contribution in [0.4, 0.5) is 5.13 Å². The van der Waals surface area contributed by atoms with E-state index in [1.165, 1.54) is 10.3 Å². The van der Waals surface area contributed by atoms with E-state index in [-0.39, 0.29) is 0 Å². The van der Waals surface area contributed by atoms with Crippen molar-refractivity contribution in [2.24, 2.45) is 4.99 Å². The minimum absolute atomic E-state index is 0.951. The van der Waals surface area contributed by atoms with E-state index in [1.807, 2.05) is 0 Å². The molecular formula is C12H13N3S. The van der Waals surface area contributed by atoms with Crippen LogP contribution in [0.15, 0.2) is 23.2 Å². The summed E-state index contributed by atoms with van der Waals surface area (Å²) in [4.78, 5) is 8.93. The monoisotopic (exact) mass is 231 g/mol. The lowest BCUT2D eigenvalue weighted by Gasteiger charge is -1.98. The van der Waals surface area contributed by atoms with Gasteiger partial charge in [0.05, 0.1) is 10.2 Å². The number of aromatic nitrogens is 1. The lowest BCUT2D eigenvalue weighted by Crippen LogP contribution is -2.07. The van der Waals surface area contributed by atoms with Crippen LogP contribution in [0.3, 0.4) is 0 Å². The van der Waals surface area contributed by atoms with Crippen LogP contribution in [0.25, 0.3) is 10.2 Å². The van der Waals surface area contributed by atoms with Crippen molar-refractivity contribution in [2.75, 3.05) is 11.9 Å². The fraction of sp³-hybridized carbons (Fsp3) is 0.333. The third-order valence-corrected chi connectivity index (χ3v) is 3.60. The highest BCUT2D eigenvalue weighted by atomic mass is 32.1. The number of fused-ring (bicyclic) bond motifs is 1. The van der Waals surface area contributed by atoms with Gasteiger partial charge in [0.1, 0.15) is 5.84 Å². The van der Waals surface area contributed by atoms with E-state index in [0.717, 1.165) is 35.9 Å². The zero-order chi connectivity index (χ0) is 11.0. The van der Waals surface area contributed by atoms with Gasteiger partial charge >= 0.3 is 0 Å². The molecule has 0 spiro atoms. The average molecular weight is 231 g/mol. The van der Waals surface area contributed by atoms with Gasteiger partial charge in [-0.1, -0.05) is 17.4 Å². The van der Waals surface area contributed by atoms with Crippen molar-refractivity contribution in [3.8, 4) is 0 Å². The van der Waals surface area contributed by atoms with E-state index in [1.54, 1.807) is 11.3 Å². The van der Waals surface area contributed by atoms with Crippen molar-refractivity contribution in [3.63, 3.8) is 0 Å². The van der Waals surface area contributed by atoms with E-state index in [2.05, 4.69) is 40.4 Å². The van der Waals surface area contributed by atoms with E-state index in [9.17, 15) is 0 Å². The zero-order valence-corrected chi connectivity index (χ0v) is 9.97. The van der Waals surface area contributed by atoms with Crippen LogP contribution < -0.4 is 5.32 Å². The molecule has 1 aromatic heterocycles. The first-order chi connectivity index (χ1) is 7.81. The van der Waals surface area contributed by atoms with E-state index in [4.69, 9.17) is 0 Å². The molecule has 0 amide bonds. The molecular weight excluding hydrogens is 218 g/mol. The minimum atomic E-state index is 0.951. The van der Waals surface area contributed by atoms with Gasteiger partial charge in [-0.2, -0.15) is 0 Å². The largest absolute Gasteiger partial charge is 0.320 e. The van der Waals surface area contributed by atoms with Crippen LogP contribution in [0.2, 0.25) is 0 Å². The highest BCUT2D eigenvalue weighted by Gasteiger charge is 2.09. The van der Waals surface area contributed by atoms with Crippen molar-refractivity contribution in [1.29, 1.82) is 0 Å². The maximum Gasteiger partial charge on any atom is 0.189 e. The molecule has 2 heterocycles. The summed E-state index contributed by atoms with van der Waals surface area (Å²) in [5, 5.41) is 4.27. The molecule has 1 aliphatic heterocycles. The van der Waals surface area contributed by atoms with E-state index < -0.39 is 0 Å². The molecule has 2 aromatic rings. The standard InChI is InChI=1S/C12H13N3S/c1-8-4-5-9-10(7-8)16-12(14-9)15-11-3-2-6-13-11/h4-5,7H,2-3,6H2,1H3,(H,13,14,15). The van der Waals surface area contributed by atoms with Gasteiger partial charge in [-0.15, -0.1) is 0 Å². The normalized spacial score (nSPS) is 15.4. The van der Waals surface area contributed by atoms with Crippen molar-refractivity contribution in [3.05, 3.63) is 23.8 Å². The maximum absolute atomic E-state index is 4.54. The second-order valence-corrected chi connectivity index (χ2v) is 5.08.